The Labute approximate surface area is 289 Å². The minimum atomic E-state index is -0.894. The van der Waals surface area contributed by atoms with Crippen molar-refractivity contribution in [1.82, 2.24) is 15.6 Å². The monoisotopic (exact) mass is 670 g/mol. The minimum Gasteiger partial charge on any atom is -0.450 e. The number of benzene rings is 2. The molecule has 3 aromatic rings. The summed E-state index contributed by atoms with van der Waals surface area (Å²) in [5.74, 6) is 0.160. The van der Waals surface area contributed by atoms with Crippen LogP contribution in [0.15, 0.2) is 66.9 Å². The van der Waals surface area contributed by atoms with Gasteiger partial charge in [0.15, 0.2) is 0 Å². The largest absolute Gasteiger partial charge is 0.450 e. The van der Waals surface area contributed by atoms with E-state index in [4.69, 9.17) is 14.5 Å². The van der Waals surface area contributed by atoms with Gasteiger partial charge in [-0.1, -0.05) is 54.6 Å². The molecule has 3 amide bonds. The molecule has 0 saturated heterocycles. The number of nitrogens with one attached hydrogen (secondary N) is 3. The number of aliphatic hydroxyl groups is 1. The lowest BCUT2D eigenvalue weighted by molar-refractivity contribution is -0.117. The molecule has 10 nitrogen and oxygen atoms in total. The van der Waals surface area contributed by atoms with Gasteiger partial charge in [0.2, 0.25) is 5.91 Å². The average molecular weight is 671 g/mol. The Hall–Kier alpha value is -4.44. The van der Waals surface area contributed by atoms with Gasteiger partial charge >= 0.3 is 12.2 Å². The van der Waals surface area contributed by atoms with Crippen molar-refractivity contribution in [2.75, 3.05) is 11.9 Å². The Kier molecular flexibility index (Phi) is 10.4. The lowest BCUT2D eigenvalue weighted by Crippen LogP contribution is -2.62. The second kappa shape index (κ2) is 14.2. The molecule has 2 aliphatic rings. The number of ether oxygens (including phenoxy) is 2. The SMILES string of the molecule is CCOC(=O)NC1(C)CCC(CC(=O)Nc2cnc(-c3ccc(C4(NC(=O)OC(C)(C)C)CC(C)(O)C4)cc3)c(-c3ccccc3)c2)CC1. The normalized spacial score (nSPS) is 25.0. The maximum absolute atomic E-state index is 13.2. The van der Waals surface area contributed by atoms with E-state index in [9.17, 15) is 19.5 Å². The Morgan fingerprint density at radius 3 is 2.16 bits per heavy atom. The quantitative estimate of drug-likeness (QED) is 0.183. The number of alkyl carbamates (subject to hydrolysis) is 2. The third-order valence-corrected chi connectivity index (χ3v) is 9.43. The average Bonchev–Trinajstić information content (AvgIpc) is 3.01. The molecule has 0 aliphatic heterocycles. The molecule has 262 valence electrons. The van der Waals surface area contributed by atoms with Crippen LogP contribution in [0.4, 0.5) is 15.3 Å². The van der Waals surface area contributed by atoms with Gasteiger partial charge in [-0.2, -0.15) is 0 Å². The van der Waals surface area contributed by atoms with E-state index in [1.807, 2.05) is 88.4 Å². The molecule has 10 heteroatoms. The zero-order chi connectivity index (χ0) is 35.5. The fourth-order valence-corrected chi connectivity index (χ4v) is 7.19. The van der Waals surface area contributed by atoms with Crippen LogP contribution in [-0.4, -0.2) is 51.5 Å². The number of anilines is 1. The summed E-state index contributed by atoms with van der Waals surface area (Å²) >= 11 is 0. The van der Waals surface area contributed by atoms with Crippen LogP contribution in [-0.2, 0) is 19.8 Å². The van der Waals surface area contributed by atoms with Crippen molar-refractivity contribution in [3.63, 3.8) is 0 Å². The molecule has 4 N–H and O–H groups in total. The third-order valence-electron chi connectivity index (χ3n) is 9.43. The van der Waals surface area contributed by atoms with E-state index in [0.29, 0.717) is 31.6 Å². The summed E-state index contributed by atoms with van der Waals surface area (Å²) in [6.07, 6.45) is 5.14. The number of pyridine rings is 1. The van der Waals surface area contributed by atoms with Crippen LogP contribution < -0.4 is 16.0 Å². The molecule has 2 saturated carbocycles. The molecule has 2 aliphatic carbocycles. The summed E-state index contributed by atoms with van der Waals surface area (Å²) in [5.41, 5.74) is 2.35. The molecular weight excluding hydrogens is 620 g/mol. The molecule has 2 aromatic carbocycles. The second-order valence-corrected chi connectivity index (χ2v) is 15.2. The number of hydrogen-bond acceptors (Lipinski definition) is 7. The Balaban J connectivity index is 1.31. The van der Waals surface area contributed by atoms with Gasteiger partial charge in [0.25, 0.3) is 0 Å². The number of hydrogen-bond donors (Lipinski definition) is 4. The van der Waals surface area contributed by atoms with Gasteiger partial charge < -0.3 is 30.5 Å². The minimum absolute atomic E-state index is 0.0657. The predicted octanol–water partition coefficient (Wildman–Crippen LogP) is 7.70. The standard InChI is InChI=1S/C39H50N4O6/c1-7-48-34(45)42-37(5)19-17-26(18-20-37)21-32(44)41-30-22-31(27-11-9-8-10-12-27)33(40-23-30)28-13-15-29(16-14-28)39(24-38(6,47)25-39)43-35(46)49-36(2,3)4/h8-16,22-23,26,47H,7,17-21,24-25H2,1-6H3,(H,41,44)(H,42,45)(H,43,46). The third kappa shape index (κ3) is 9.17. The van der Waals surface area contributed by atoms with Crippen LogP contribution in [0.5, 0.6) is 0 Å². The van der Waals surface area contributed by atoms with Crippen molar-refractivity contribution in [2.24, 2.45) is 5.92 Å². The Morgan fingerprint density at radius 2 is 1.57 bits per heavy atom. The number of rotatable bonds is 9. The highest BCUT2D eigenvalue weighted by molar-refractivity contribution is 5.93. The van der Waals surface area contributed by atoms with E-state index in [1.165, 1.54) is 0 Å². The first kappa shape index (κ1) is 35.9. The molecule has 1 aromatic heterocycles. The summed E-state index contributed by atoms with van der Waals surface area (Å²) in [7, 11) is 0. The van der Waals surface area contributed by atoms with Gasteiger partial charge in [-0.05, 0) is 90.3 Å². The number of carbonyl (C=O) groups is 3. The maximum Gasteiger partial charge on any atom is 0.408 e. The summed E-state index contributed by atoms with van der Waals surface area (Å²) < 4.78 is 10.6. The summed E-state index contributed by atoms with van der Waals surface area (Å²) in [6, 6.07) is 19.8. The fraction of sp³-hybridized carbons (Fsp3) is 0.487. The van der Waals surface area contributed by atoms with E-state index in [2.05, 4.69) is 16.0 Å². The van der Waals surface area contributed by atoms with E-state index >= 15 is 0 Å². The van der Waals surface area contributed by atoms with Crippen molar-refractivity contribution < 1.29 is 29.0 Å². The van der Waals surface area contributed by atoms with Crippen LogP contribution in [0.1, 0.15) is 92.1 Å². The molecule has 0 bridgehead atoms. The van der Waals surface area contributed by atoms with Crippen molar-refractivity contribution in [1.29, 1.82) is 0 Å². The van der Waals surface area contributed by atoms with Crippen molar-refractivity contribution in [2.45, 2.75) is 109 Å². The first-order valence-corrected chi connectivity index (χ1v) is 17.2. The van der Waals surface area contributed by atoms with Crippen LogP contribution in [0.2, 0.25) is 0 Å². The van der Waals surface area contributed by atoms with Crippen molar-refractivity contribution >= 4 is 23.8 Å². The van der Waals surface area contributed by atoms with Crippen LogP contribution in [0.3, 0.4) is 0 Å². The first-order chi connectivity index (χ1) is 23.1. The molecular formula is C39H50N4O6. The second-order valence-electron chi connectivity index (χ2n) is 15.2. The number of amides is 3. The Bertz CT molecular complexity index is 1630. The van der Waals surface area contributed by atoms with E-state index < -0.39 is 28.9 Å². The first-order valence-electron chi connectivity index (χ1n) is 17.2. The highest BCUT2D eigenvalue weighted by Crippen LogP contribution is 2.49. The molecule has 5 rings (SSSR count). The summed E-state index contributed by atoms with van der Waals surface area (Å²) in [4.78, 5) is 42.7. The molecule has 1 heterocycles. The van der Waals surface area contributed by atoms with E-state index in [1.54, 1.807) is 20.0 Å². The van der Waals surface area contributed by atoms with Crippen molar-refractivity contribution in [3.8, 4) is 22.4 Å². The highest BCUT2D eigenvalue weighted by Gasteiger charge is 2.53. The molecule has 0 radical (unpaired) electrons. The molecule has 0 atom stereocenters. The predicted molar refractivity (Wildman–Crippen MR) is 190 cm³/mol. The van der Waals surface area contributed by atoms with Gasteiger partial charge in [-0.15, -0.1) is 0 Å². The van der Waals surface area contributed by atoms with Gasteiger partial charge in [0.1, 0.15) is 5.60 Å². The summed E-state index contributed by atoms with van der Waals surface area (Å²) in [6.45, 7) is 11.4. The highest BCUT2D eigenvalue weighted by atomic mass is 16.6. The van der Waals surface area contributed by atoms with Gasteiger partial charge in [0, 0.05) is 35.9 Å². The van der Waals surface area contributed by atoms with Gasteiger partial charge in [-0.25, -0.2) is 9.59 Å². The molecule has 0 unspecified atom stereocenters. The van der Waals surface area contributed by atoms with E-state index in [-0.39, 0.29) is 17.4 Å². The topological polar surface area (TPSA) is 139 Å². The van der Waals surface area contributed by atoms with Crippen LogP contribution in [0.25, 0.3) is 22.4 Å². The van der Waals surface area contributed by atoms with Gasteiger partial charge in [-0.3, -0.25) is 9.78 Å². The number of aromatic nitrogens is 1. The lowest BCUT2D eigenvalue weighted by Gasteiger charge is -2.52. The number of carbonyl (C=O) groups excluding carboxylic acids is 3. The smallest absolute Gasteiger partial charge is 0.408 e. The van der Waals surface area contributed by atoms with Crippen molar-refractivity contribution in [3.05, 3.63) is 72.4 Å². The van der Waals surface area contributed by atoms with Crippen LogP contribution in [0, 0.1) is 5.92 Å². The Morgan fingerprint density at radius 1 is 0.918 bits per heavy atom. The summed E-state index contributed by atoms with van der Waals surface area (Å²) in [5, 5.41) is 19.7. The van der Waals surface area contributed by atoms with E-state index in [0.717, 1.165) is 53.6 Å². The zero-order valence-corrected chi connectivity index (χ0v) is 29.5. The molecule has 2 fully saturated rings. The molecule has 0 spiro atoms. The van der Waals surface area contributed by atoms with Crippen LogP contribution >= 0.6 is 0 Å². The lowest BCUT2D eigenvalue weighted by atomic mass is 9.62. The zero-order valence-electron chi connectivity index (χ0n) is 29.5. The van der Waals surface area contributed by atoms with Gasteiger partial charge in [0.05, 0.1) is 35.3 Å². The molecule has 49 heavy (non-hydrogen) atoms. The fourth-order valence-electron chi connectivity index (χ4n) is 7.19. The maximum atomic E-state index is 13.2. The number of nitrogens with zero attached hydrogens (tertiary/aromatic N) is 1.